The molecule has 102 valence electrons. The van der Waals surface area contributed by atoms with Crippen molar-refractivity contribution in [3.8, 4) is 0 Å². The zero-order valence-corrected chi connectivity index (χ0v) is 12.5. The predicted octanol–water partition coefficient (Wildman–Crippen LogP) is 2.34. The third-order valence-electron chi connectivity index (χ3n) is 4.79. The summed E-state index contributed by atoms with van der Waals surface area (Å²) in [6.07, 6.45) is 3.86. The van der Waals surface area contributed by atoms with Gasteiger partial charge in [-0.05, 0) is 30.6 Å². The van der Waals surface area contributed by atoms with E-state index >= 15 is 0 Å². The monoisotopic (exact) mass is 268 g/mol. The molecular formula is C14H24N2OS. The lowest BCUT2D eigenvalue weighted by Gasteiger charge is -2.42. The van der Waals surface area contributed by atoms with Crippen LogP contribution in [0.25, 0.3) is 0 Å². The number of carbonyl (C=O) groups excluding carboxylic acids is 1. The molecule has 0 radical (unpaired) electrons. The third kappa shape index (κ3) is 2.15. The predicted molar refractivity (Wildman–Crippen MR) is 77.2 cm³/mol. The van der Waals surface area contributed by atoms with Crippen LogP contribution in [0.15, 0.2) is 0 Å². The molecule has 1 unspecified atom stereocenters. The van der Waals surface area contributed by atoms with Crippen molar-refractivity contribution in [2.45, 2.75) is 46.5 Å². The van der Waals surface area contributed by atoms with Gasteiger partial charge in [-0.3, -0.25) is 4.79 Å². The number of likely N-dealkylation sites (tertiary alicyclic amines) is 1. The van der Waals surface area contributed by atoms with Gasteiger partial charge < -0.3 is 10.6 Å². The van der Waals surface area contributed by atoms with Crippen molar-refractivity contribution in [2.75, 3.05) is 13.1 Å². The largest absolute Gasteiger partial charge is 0.392 e. The fourth-order valence-electron chi connectivity index (χ4n) is 3.05. The number of rotatable bonds is 2. The number of carbonyl (C=O) groups is 1. The topological polar surface area (TPSA) is 46.3 Å². The van der Waals surface area contributed by atoms with Crippen LogP contribution in [0, 0.1) is 16.7 Å². The van der Waals surface area contributed by atoms with Gasteiger partial charge >= 0.3 is 0 Å². The van der Waals surface area contributed by atoms with E-state index in [1.54, 1.807) is 0 Å². The molecule has 1 atom stereocenters. The maximum atomic E-state index is 12.6. The van der Waals surface area contributed by atoms with Gasteiger partial charge in [0, 0.05) is 13.1 Å². The minimum Gasteiger partial charge on any atom is -0.392 e. The molecule has 2 fully saturated rings. The van der Waals surface area contributed by atoms with E-state index in [0.717, 1.165) is 38.8 Å². The Kier molecular flexibility index (Phi) is 3.43. The van der Waals surface area contributed by atoms with Crippen molar-refractivity contribution < 1.29 is 4.79 Å². The maximum Gasteiger partial charge on any atom is 0.235 e. The average Bonchev–Trinajstić information content (AvgIpc) is 2.62. The Bertz CT molecular complexity index is 368. The zero-order chi connectivity index (χ0) is 13.6. The fourth-order valence-corrected chi connectivity index (χ4v) is 3.34. The lowest BCUT2D eigenvalue weighted by molar-refractivity contribution is -0.141. The molecule has 4 heteroatoms. The highest BCUT2D eigenvalue weighted by atomic mass is 32.1. The van der Waals surface area contributed by atoms with Gasteiger partial charge in [-0.15, -0.1) is 0 Å². The van der Waals surface area contributed by atoms with E-state index in [0.29, 0.717) is 10.9 Å². The van der Waals surface area contributed by atoms with Crippen molar-refractivity contribution in [1.29, 1.82) is 0 Å². The van der Waals surface area contributed by atoms with Crippen LogP contribution in [0.4, 0.5) is 0 Å². The first-order valence-electron chi connectivity index (χ1n) is 6.87. The van der Waals surface area contributed by atoms with Crippen LogP contribution in [0.3, 0.4) is 0 Å². The Morgan fingerprint density at radius 2 is 2.00 bits per heavy atom. The van der Waals surface area contributed by atoms with Crippen LogP contribution in [-0.4, -0.2) is 28.9 Å². The summed E-state index contributed by atoms with van der Waals surface area (Å²) in [5.74, 6) is 0.776. The van der Waals surface area contributed by atoms with E-state index in [-0.39, 0.29) is 11.3 Å². The molecule has 2 rings (SSSR count). The third-order valence-corrected chi connectivity index (χ3v) is 5.18. The molecule has 1 saturated carbocycles. The number of nitrogens with two attached hydrogens (primary N) is 1. The first kappa shape index (κ1) is 13.8. The minimum absolute atomic E-state index is 0.188. The highest BCUT2D eigenvalue weighted by Gasteiger charge is 2.50. The van der Waals surface area contributed by atoms with Crippen LogP contribution in [0.2, 0.25) is 0 Å². The number of thiocarbonyl (C=S) groups is 1. The van der Waals surface area contributed by atoms with Crippen molar-refractivity contribution in [2.24, 2.45) is 22.5 Å². The summed E-state index contributed by atoms with van der Waals surface area (Å²) in [4.78, 5) is 15.0. The molecule has 1 aliphatic carbocycles. The summed E-state index contributed by atoms with van der Waals surface area (Å²) in [7, 11) is 0. The summed E-state index contributed by atoms with van der Waals surface area (Å²) in [5.41, 5.74) is 5.58. The Morgan fingerprint density at radius 1 is 1.39 bits per heavy atom. The molecule has 3 nitrogen and oxygen atoms in total. The van der Waals surface area contributed by atoms with Gasteiger partial charge in [0.2, 0.25) is 5.91 Å². The molecule has 1 heterocycles. The van der Waals surface area contributed by atoms with Gasteiger partial charge in [-0.25, -0.2) is 0 Å². The Labute approximate surface area is 115 Å². The van der Waals surface area contributed by atoms with E-state index < -0.39 is 5.41 Å². The highest BCUT2D eigenvalue weighted by Crippen LogP contribution is 2.44. The second-order valence-electron chi connectivity index (χ2n) is 6.90. The van der Waals surface area contributed by atoms with Gasteiger partial charge in [-0.1, -0.05) is 39.4 Å². The Balaban J connectivity index is 2.06. The van der Waals surface area contributed by atoms with Crippen LogP contribution in [-0.2, 0) is 4.79 Å². The van der Waals surface area contributed by atoms with Gasteiger partial charge in [-0.2, -0.15) is 0 Å². The van der Waals surface area contributed by atoms with E-state index in [4.69, 9.17) is 18.0 Å². The number of nitrogens with zero attached hydrogens (tertiary/aromatic N) is 1. The van der Waals surface area contributed by atoms with Crippen molar-refractivity contribution in [3.63, 3.8) is 0 Å². The highest BCUT2D eigenvalue weighted by molar-refractivity contribution is 7.80. The number of amides is 1. The van der Waals surface area contributed by atoms with Gasteiger partial charge in [0.05, 0.1) is 10.4 Å². The number of hydrogen-bond donors (Lipinski definition) is 1. The second-order valence-corrected chi connectivity index (χ2v) is 7.34. The van der Waals surface area contributed by atoms with Crippen molar-refractivity contribution in [3.05, 3.63) is 0 Å². The SMILES string of the molecule is CC(C)(C)C1CCN(C(=O)C2(C(N)=S)CCC2)C1. The van der Waals surface area contributed by atoms with Crippen molar-refractivity contribution in [1.82, 2.24) is 4.90 Å². The quantitative estimate of drug-likeness (QED) is 0.782. The summed E-state index contributed by atoms with van der Waals surface area (Å²) in [5, 5.41) is 0. The van der Waals surface area contributed by atoms with Gasteiger partial charge in [0.15, 0.2) is 0 Å². The summed E-state index contributed by atoms with van der Waals surface area (Å²) >= 11 is 5.13. The van der Waals surface area contributed by atoms with Crippen LogP contribution < -0.4 is 5.73 Å². The summed E-state index contributed by atoms with van der Waals surface area (Å²) in [6.45, 7) is 8.48. The standard InChI is InChI=1S/C14H24N2OS/c1-13(2,3)10-5-8-16(9-10)12(17)14(11(15)18)6-4-7-14/h10H,4-9H2,1-3H3,(H2,15,18). The molecule has 2 aliphatic rings. The molecule has 0 aromatic heterocycles. The Hall–Kier alpha value is -0.640. The smallest absolute Gasteiger partial charge is 0.235 e. The van der Waals surface area contributed by atoms with Crippen LogP contribution >= 0.6 is 12.2 Å². The van der Waals surface area contributed by atoms with Gasteiger partial charge in [0.25, 0.3) is 0 Å². The first-order chi connectivity index (χ1) is 8.27. The minimum atomic E-state index is -0.498. The molecule has 1 aliphatic heterocycles. The molecule has 0 spiro atoms. The lowest BCUT2D eigenvalue weighted by Crippen LogP contribution is -2.54. The summed E-state index contributed by atoms with van der Waals surface area (Å²) in [6, 6.07) is 0. The molecule has 1 amide bonds. The zero-order valence-electron chi connectivity index (χ0n) is 11.7. The first-order valence-corrected chi connectivity index (χ1v) is 7.27. The Morgan fingerprint density at radius 3 is 2.33 bits per heavy atom. The van der Waals surface area contributed by atoms with Crippen molar-refractivity contribution >= 4 is 23.1 Å². The maximum absolute atomic E-state index is 12.6. The fraction of sp³-hybridized carbons (Fsp3) is 0.857. The summed E-state index contributed by atoms with van der Waals surface area (Å²) < 4.78 is 0. The van der Waals surface area contributed by atoms with E-state index in [2.05, 4.69) is 20.8 Å². The van der Waals surface area contributed by atoms with E-state index in [1.165, 1.54) is 0 Å². The molecule has 1 saturated heterocycles. The molecule has 18 heavy (non-hydrogen) atoms. The van der Waals surface area contributed by atoms with E-state index in [1.807, 2.05) is 4.90 Å². The van der Waals surface area contributed by atoms with E-state index in [9.17, 15) is 4.79 Å². The average molecular weight is 268 g/mol. The lowest BCUT2D eigenvalue weighted by atomic mass is 9.67. The van der Waals surface area contributed by atoms with Gasteiger partial charge in [0.1, 0.15) is 0 Å². The number of hydrogen-bond acceptors (Lipinski definition) is 2. The van der Waals surface area contributed by atoms with Crippen LogP contribution in [0.5, 0.6) is 0 Å². The molecule has 0 aromatic rings. The molecule has 2 N–H and O–H groups in total. The molecule has 0 bridgehead atoms. The van der Waals surface area contributed by atoms with Crippen LogP contribution in [0.1, 0.15) is 46.5 Å². The molecule has 0 aromatic carbocycles. The normalized spacial score (nSPS) is 26.8. The molecular weight excluding hydrogens is 244 g/mol. The second kappa shape index (κ2) is 4.48.